The average molecular weight is 307 g/mol. The Labute approximate surface area is 131 Å². The van der Waals surface area contributed by atoms with Crippen LogP contribution in [0.25, 0.3) is 10.9 Å². The van der Waals surface area contributed by atoms with E-state index < -0.39 is 5.91 Å². The minimum atomic E-state index is -0.523. The van der Waals surface area contributed by atoms with Crippen LogP contribution in [0.2, 0.25) is 0 Å². The van der Waals surface area contributed by atoms with E-state index in [1.165, 1.54) is 6.92 Å². The first kappa shape index (κ1) is 14.6. The Hall–Kier alpha value is -3.28. The molecule has 3 rings (SSSR count). The van der Waals surface area contributed by atoms with Crippen LogP contribution in [0.1, 0.15) is 22.1 Å². The predicted molar refractivity (Wildman–Crippen MR) is 85.2 cm³/mol. The zero-order chi connectivity index (χ0) is 16.4. The number of amides is 1. The lowest BCUT2D eigenvalue weighted by atomic mass is 10.2. The number of carbonyl (C=O) groups excluding carboxylic acids is 2. The first-order valence-electron chi connectivity index (χ1n) is 6.94. The number of nitrogens with zero attached hydrogens (tertiary/aromatic N) is 3. The summed E-state index contributed by atoms with van der Waals surface area (Å²) in [5, 5.41) is 18.3. The van der Waals surface area contributed by atoms with E-state index in [0.717, 1.165) is 4.57 Å². The molecule has 3 aromatic rings. The Morgan fingerprint density at radius 2 is 1.65 bits per heavy atom. The third-order valence-electron chi connectivity index (χ3n) is 3.40. The van der Waals surface area contributed by atoms with Crippen LogP contribution < -0.4 is 0 Å². The normalized spacial score (nSPS) is 11.2. The SMILES string of the molecule is CC(=O)n1c(O)c(N=NC(=O)c2ccccc2)c2ccccc21. The van der Waals surface area contributed by atoms with Crippen LogP contribution >= 0.6 is 0 Å². The predicted octanol–water partition coefficient (Wildman–Crippen LogP) is 3.93. The third-order valence-corrected chi connectivity index (χ3v) is 3.40. The lowest BCUT2D eigenvalue weighted by molar-refractivity contribution is 0.0932. The number of para-hydroxylation sites is 1. The highest BCUT2D eigenvalue weighted by Crippen LogP contribution is 2.38. The Kier molecular flexibility index (Phi) is 3.72. The van der Waals surface area contributed by atoms with E-state index in [-0.39, 0.29) is 17.5 Å². The summed E-state index contributed by atoms with van der Waals surface area (Å²) < 4.78 is 1.14. The highest BCUT2D eigenvalue weighted by molar-refractivity contribution is 6.02. The maximum atomic E-state index is 12.0. The van der Waals surface area contributed by atoms with Gasteiger partial charge in [0.25, 0.3) is 5.91 Å². The molecular formula is C17H13N3O3. The smallest absolute Gasteiger partial charge is 0.295 e. The minimum absolute atomic E-state index is 0.0973. The molecule has 0 fully saturated rings. The van der Waals surface area contributed by atoms with Gasteiger partial charge in [-0.05, 0) is 18.2 Å². The highest BCUT2D eigenvalue weighted by Gasteiger charge is 2.19. The number of rotatable bonds is 2. The van der Waals surface area contributed by atoms with Crippen molar-refractivity contribution in [2.45, 2.75) is 6.92 Å². The number of benzene rings is 2. The molecule has 0 aliphatic carbocycles. The number of carbonyl (C=O) groups is 2. The van der Waals surface area contributed by atoms with Crippen molar-refractivity contribution < 1.29 is 14.7 Å². The lowest BCUT2D eigenvalue weighted by Crippen LogP contribution is -2.03. The van der Waals surface area contributed by atoms with Crippen molar-refractivity contribution in [2.75, 3.05) is 0 Å². The van der Waals surface area contributed by atoms with Crippen LogP contribution in [0, 0.1) is 0 Å². The molecule has 0 atom stereocenters. The van der Waals surface area contributed by atoms with E-state index in [4.69, 9.17) is 0 Å². The molecule has 1 heterocycles. The minimum Gasteiger partial charge on any atom is -0.493 e. The molecule has 0 aliphatic heterocycles. The quantitative estimate of drug-likeness (QED) is 0.728. The van der Waals surface area contributed by atoms with Crippen molar-refractivity contribution in [2.24, 2.45) is 10.2 Å². The van der Waals surface area contributed by atoms with E-state index in [0.29, 0.717) is 16.5 Å². The van der Waals surface area contributed by atoms with Crippen LogP contribution in [-0.2, 0) is 0 Å². The Morgan fingerprint density at radius 1 is 1.00 bits per heavy atom. The number of aromatic nitrogens is 1. The van der Waals surface area contributed by atoms with Crippen molar-refractivity contribution in [3.8, 4) is 5.88 Å². The summed E-state index contributed by atoms with van der Waals surface area (Å²) in [4.78, 5) is 23.7. The highest BCUT2D eigenvalue weighted by atomic mass is 16.3. The Bertz CT molecular complexity index is 927. The molecule has 6 nitrogen and oxygen atoms in total. The summed E-state index contributed by atoms with van der Waals surface area (Å²) in [5.74, 6) is -1.21. The first-order chi connectivity index (χ1) is 11.1. The second-order valence-electron chi connectivity index (χ2n) is 4.91. The zero-order valence-corrected chi connectivity index (χ0v) is 12.3. The van der Waals surface area contributed by atoms with E-state index in [1.54, 1.807) is 54.6 Å². The van der Waals surface area contributed by atoms with Gasteiger partial charge in [-0.1, -0.05) is 36.4 Å². The summed E-state index contributed by atoms with van der Waals surface area (Å²) in [6, 6.07) is 15.4. The van der Waals surface area contributed by atoms with Gasteiger partial charge in [0.15, 0.2) is 5.69 Å². The summed E-state index contributed by atoms with van der Waals surface area (Å²) in [7, 11) is 0. The average Bonchev–Trinajstić information content (AvgIpc) is 2.85. The molecule has 0 bridgehead atoms. The van der Waals surface area contributed by atoms with Gasteiger partial charge in [0, 0.05) is 17.9 Å². The van der Waals surface area contributed by atoms with E-state index in [2.05, 4.69) is 10.2 Å². The fourth-order valence-corrected chi connectivity index (χ4v) is 2.36. The molecule has 0 unspecified atom stereocenters. The number of hydrogen-bond acceptors (Lipinski definition) is 4. The number of azo groups is 1. The Morgan fingerprint density at radius 3 is 2.35 bits per heavy atom. The van der Waals surface area contributed by atoms with E-state index in [9.17, 15) is 14.7 Å². The topological polar surface area (TPSA) is 84.0 Å². The van der Waals surface area contributed by atoms with Gasteiger partial charge in [0.2, 0.25) is 11.8 Å². The molecule has 114 valence electrons. The summed E-state index contributed by atoms with van der Waals surface area (Å²) in [5.41, 5.74) is 1.00. The second kappa shape index (κ2) is 5.84. The van der Waals surface area contributed by atoms with Gasteiger partial charge in [-0.25, -0.2) is 4.57 Å². The molecule has 1 N–H and O–H groups in total. The standard InChI is InChI=1S/C17H13N3O3/c1-11(21)20-14-10-6-5-9-13(14)15(17(20)23)18-19-16(22)12-7-3-2-4-8-12/h2-10,23H,1H3. The van der Waals surface area contributed by atoms with E-state index in [1.807, 2.05) is 0 Å². The van der Waals surface area contributed by atoms with Crippen LogP contribution in [0.15, 0.2) is 64.8 Å². The fraction of sp³-hybridized carbons (Fsp3) is 0.0588. The van der Waals surface area contributed by atoms with Crippen molar-refractivity contribution >= 4 is 28.4 Å². The summed E-state index contributed by atoms with van der Waals surface area (Å²) in [6.45, 7) is 1.34. The van der Waals surface area contributed by atoms with Crippen LogP contribution in [0.3, 0.4) is 0 Å². The molecule has 6 heteroatoms. The van der Waals surface area contributed by atoms with Gasteiger partial charge in [0.05, 0.1) is 5.52 Å². The number of hydrogen-bond donors (Lipinski definition) is 1. The van der Waals surface area contributed by atoms with Crippen LogP contribution in [0.4, 0.5) is 5.69 Å². The molecule has 0 saturated carbocycles. The Balaban J connectivity index is 2.07. The summed E-state index contributed by atoms with van der Waals surface area (Å²) in [6.07, 6.45) is 0. The largest absolute Gasteiger partial charge is 0.493 e. The zero-order valence-electron chi connectivity index (χ0n) is 12.3. The van der Waals surface area contributed by atoms with Crippen molar-refractivity contribution in [3.63, 3.8) is 0 Å². The van der Waals surface area contributed by atoms with Gasteiger partial charge in [0.1, 0.15) is 0 Å². The molecule has 0 spiro atoms. The third kappa shape index (κ3) is 2.62. The second-order valence-corrected chi connectivity index (χ2v) is 4.91. The van der Waals surface area contributed by atoms with Crippen LogP contribution in [-0.4, -0.2) is 21.5 Å². The van der Waals surface area contributed by atoms with Gasteiger partial charge in [-0.3, -0.25) is 9.59 Å². The maximum absolute atomic E-state index is 12.0. The van der Waals surface area contributed by atoms with Crippen molar-refractivity contribution in [3.05, 3.63) is 60.2 Å². The number of aromatic hydroxyl groups is 1. The molecule has 2 aromatic carbocycles. The monoisotopic (exact) mass is 307 g/mol. The number of fused-ring (bicyclic) bond motifs is 1. The van der Waals surface area contributed by atoms with Gasteiger partial charge in [-0.15, -0.1) is 10.2 Å². The fourth-order valence-electron chi connectivity index (χ4n) is 2.36. The molecule has 0 radical (unpaired) electrons. The van der Waals surface area contributed by atoms with Crippen molar-refractivity contribution in [1.82, 2.24) is 4.57 Å². The van der Waals surface area contributed by atoms with E-state index >= 15 is 0 Å². The molecule has 1 amide bonds. The molecule has 0 aliphatic rings. The lowest BCUT2D eigenvalue weighted by Gasteiger charge is -1.99. The van der Waals surface area contributed by atoms with Gasteiger partial charge in [-0.2, -0.15) is 0 Å². The first-order valence-corrected chi connectivity index (χ1v) is 6.94. The molecule has 0 saturated heterocycles. The maximum Gasteiger partial charge on any atom is 0.295 e. The van der Waals surface area contributed by atoms with Crippen LogP contribution in [0.5, 0.6) is 5.88 Å². The molecule has 1 aromatic heterocycles. The van der Waals surface area contributed by atoms with Gasteiger partial charge < -0.3 is 5.11 Å². The molecular weight excluding hydrogens is 294 g/mol. The van der Waals surface area contributed by atoms with Crippen molar-refractivity contribution in [1.29, 1.82) is 0 Å². The molecule has 23 heavy (non-hydrogen) atoms. The summed E-state index contributed by atoms with van der Waals surface area (Å²) >= 11 is 0. The van der Waals surface area contributed by atoms with Gasteiger partial charge >= 0.3 is 0 Å².